The van der Waals surface area contributed by atoms with Crippen molar-refractivity contribution in [3.63, 3.8) is 0 Å². The summed E-state index contributed by atoms with van der Waals surface area (Å²) in [7, 11) is 0. The molecular weight excluding hydrogens is 280 g/mol. The van der Waals surface area contributed by atoms with Gasteiger partial charge in [0.25, 0.3) is 0 Å². The van der Waals surface area contributed by atoms with Crippen molar-refractivity contribution < 1.29 is 4.79 Å². The first kappa shape index (κ1) is 12.1. The molecule has 0 heterocycles. The van der Waals surface area contributed by atoms with Crippen molar-refractivity contribution in [1.29, 1.82) is 5.26 Å². The second-order valence-electron chi connectivity index (χ2n) is 4.15. The standard InChI is InChI=1S/C13H13BrN2O/c14-11-3-2-10(9-17)13(8-11)16(7-1-6-15)12-4-5-12/h2-3,8-9,12H,1,4-5,7H2. The number of benzene rings is 1. The molecule has 0 saturated heterocycles. The third kappa shape index (κ3) is 2.86. The number of nitriles is 1. The van der Waals surface area contributed by atoms with Crippen LogP contribution in [0.2, 0.25) is 0 Å². The van der Waals surface area contributed by atoms with Gasteiger partial charge >= 0.3 is 0 Å². The number of aldehydes is 1. The highest BCUT2D eigenvalue weighted by Gasteiger charge is 2.30. The monoisotopic (exact) mass is 292 g/mol. The number of anilines is 1. The third-order valence-electron chi connectivity index (χ3n) is 2.88. The molecule has 0 unspecified atom stereocenters. The molecule has 4 heteroatoms. The second-order valence-corrected chi connectivity index (χ2v) is 5.07. The molecule has 1 saturated carbocycles. The highest BCUT2D eigenvalue weighted by molar-refractivity contribution is 9.10. The summed E-state index contributed by atoms with van der Waals surface area (Å²) >= 11 is 3.42. The summed E-state index contributed by atoms with van der Waals surface area (Å²) in [5, 5.41) is 8.69. The Balaban J connectivity index is 2.30. The zero-order chi connectivity index (χ0) is 12.3. The average molecular weight is 293 g/mol. The predicted octanol–water partition coefficient (Wildman–Crippen LogP) is 3.14. The summed E-state index contributed by atoms with van der Waals surface area (Å²) < 4.78 is 0.959. The Hall–Kier alpha value is -1.34. The molecule has 1 aliphatic carbocycles. The van der Waals surface area contributed by atoms with E-state index >= 15 is 0 Å². The Morgan fingerprint density at radius 2 is 2.29 bits per heavy atom. The molecular formula is C13H13BrN2O. The highest BCUT2D eigenvalue weighted by atomic mass is 79.9. The van der Waals surface area contributed by atoms with Gasteiger partial charge in [-0.25, -0.2) is 0 Å². The molecule has 0 radical (unpaired) electrons. The molecule has 17 heavy (non-hydrogen) atoms. The summed E-state index contributed by atoms with van der Waals surface area (Å²) in [6.45, 7) is 0.693. The van der Waals surface area contributed by atoms with Crippen molar-refractivity contribution in [1.82, 2.24) is 0 Å². The van der Waals surface area contributed by atoms with Gasteiger partial charge in [0.15, 0.2) is 6.29 Å². The lowest BCUT2D eigenvalue weighted by Gasteiger charge is -2.25. The molecule has 0 aliphatic heterocycles. The van der Waals surface area contributed by atoms with Crippen LogP contribution >= 0.6 is 15.9 Å². The quantitative estimate of drug-likeness (QED) is 0.783. The van der Waals surface area contributed by atoms with Crippen LogP contribution in [0.1, 0.15) is 29.6 Å². The lowest BCUT2D eigenvalue weighted by atomic mass is 10.1. The topological polar surface area (TPSA) is 44.1 Å². The average Bonchev–Trinajstić information content (AvgIpc) is 3.14. The van der Waals surface area contributed by atoms with E-state index in [1.165, 1.54) is 0 Å². The van der Waals surface area contributed by atoms with E-state index in [2.05, 4.69) is 26.9 Å². The molecule has 88 valence electrons. The van der Waals surface area contributed by atoms with Crippen LogP contribution in [0, 0.1) is 11.3 Å². The van der Waals surface area contributed by atoms with Crippen LogP contribution in [0.5, 0.6) is 0 Å². The van der Waals surface area contributed by atoms with E-state index in [0.717, 1.165) is 29.3 Å². The first-order valence-electron chi connectivity index (χ1n) is 5.64. The molecule has 0 N–H and O–H groups in total. The molecule has 2 rings (SSSR count). The minimum Gasteiger partial charge on any atom is -0.367 e. The Morgan fingerprint density at radius 3 is 2.88 bits per heavy atom. The van der Waals surface area contributed by atoms with Gasteiger partial charge in [-0.3, -0.25) is 4.79 Å². The number of nitrogens with zero attached hydrogens (tertiary/aromatic N) is 2. The van der Waals surface area contributed by atoms with Gasteiger partial charge in [0, 0.05) is 28.3 Å². The maximum Gasteiger partial charge on any atom is 0.152 e. The number of rotatable bonds is 5. The van der Waals surface area contributed by atoms with Crippen molar-refractivity contribution in [3.05, 3.63) is 28.2 Å². The minimum atomic E-state index is 0.487. The normalized spacial score (nSPS) is 14.1. The number of halogens is 1. The third-order valence-corrected chi connectivity index (χ3v) is 3.37. The summed E-state index contributed by atoms with van der Waals surface area (Å²) in [6, 6.07) is 8.29. The van der Waals surface area contributed by atoms with Crippen molar-refractivity contribution in [2.45, 2.75) is 25.3 Å². The van der Waals surface area contributed by atoms with Gasteiger partial charge in [-0.2, -0.15) is 5.26 Å². The van der Waals surface area contributed by atoms with E-state index < -0.39 is 0 Å². The molecule has 0 aromatic heterocycles. The summed E-state index contributed by atoms with van der Waals surface area (Å²) in [6.07, 6.45) is 3.66. The van der Waals surface area contributed by atoms with Gasteiger partial charge in [-0.15, -0.1) is 0 Å². The molecule has 0 amide bonds. The molecule has 1 fully saturated rings. The smallest absolute Gasteiger partial charge is 0.152 e. The SMILES string of the molecule is N#CCCN(c1cc(Br)ccc1C=O)C1CC1. The molecule has 0 bridgehead atoms. The van der Waals surface area contributed by atoms with Crippen molar-refractivity contribution in [3.8, 4) is 6.07 Å². The van der Waals surface area contributed by atoms with Crippen LogP contribution in [0.3, 0.4) is 0 Å². The van der Waals surface area contributed by atoms with Crippen molar-refractivity contribution >= 4 is 27.9 Å². The van der Waals surface area contributed by atoms with Gasteiger partial charge in [0.1, 0.15) is 0 Å². The Bertz CT molecular complexity index is 463. The van der Waals surface area contributed by atoms with E-state index in [4.69, 9.17) is 5.26 Å². The van der Waals surface area contributed by atoms with E-state index in [9.17, 15) is 4.79 Å². The number of hydrogen-bond acceptors (Lipinski definition) is 3. The fourth-order valence-corrected chi connectivity index (χ4v) is 2.27. The second kappa shape index (κ2) is 5.33. The van der Waals surface area contributed by atoms with Gasteiger partial charge in [-0.1, -0.05) is 15.9 Å². The molecule has 3 nitrogen and oxygen atoms in total. The van der Waals surface area contributed by atoms with Crippen molar-refractivity contribution in [2.24, 2.45) is 0 Å². The van der Waals surface area contributed by atoms with Crippen LogP contribution < -0.4 is 4.90 Å². The lowest BCUT2D eigenvalue weighted by Crippen LogP contribution is -2.27. The fraction of sp³-hybridized carbons (Fsp3) is 0.385. The van der Waals surface area contributed by atoms with Crippen LogP contribution in [0.25, 0.3) is 0 Å². The Morgan fingerprint density at radius 1 is 1.53 bits per heavy atom. The predicted molar refractivity (Wildman–Crippen MR) is 70.1 cm³/mol. The van der Waals surface area contributed by atoms with Gasteiger partial charge in [-0.05, 0) is 31.0 Å². The highest BCUT2D eigenvalue weighted by Crippen LogP contribution is 2.34. The molecule has 1 aromatic rings. The van der Waals surface area contributed by atoms with E-state index in [1.807, 2.05) is 18.2 Å². The maximum absolute atomic E-state index is 11.1. The van der Waals surface area contributed by atoms with Gasteiger partial charge in [0.2, 0.25) is 0 Å². The zero-order valence-electron chi connectivity index (χ0n) is 9.40. The van der Waals surface area contributed by atoms with Gasteiger partial charge in [0.05, 0.1) is 12.5 Å². The first-order chi connectivity index (χ1) is 8.26. The number of hydrogen-bond donors (Lipinski definition) is 0. The molecule has 0 spiro atoms. The van der Waals surface area contributed by atoms with Crippen molar-refractivity contribution in [2.75, 3.05) is 11.4 Å². The van der Waals surface area contributed by atoms with Crippen LogP contribution in [0.15, 0.2) is 22.7 Å². The summed E-state index contributed by atoms with van der Waals surface area (Å²) in [5.74, 6) is 0. The lowest BCUT2D eigenvalue weighted by molar-refractivity contribution is 0.112. The molecule has 1 aromatic carbocycles. The molecule has 0 atom stereocenters. The van der Waals surface area contributed by atoms with E-state index in [-0.39, 0.29) is 0 Å². The zero-order valence-corrected chi connectivity index (χ0v) is 11.0. The Labute approximate surface area is 109 Å². The number of carbonyl (C=O) groups excluding carboxylic acids is 1. The largest absolute Gasteiger partial charge is 0.367 e. The van der Waals surface area contributed by atoms with Crippen LogP contribution in [0.4, 0.5) is 5.69 Å². The van der Waals surface area contributed by atoms with Crippen LogP contribution in [-0.4, -0.2) is 18.9 Å². The fourth-order valence-electron chi connectivity index (χ4n) is 1.92. The molecule has 1 aliphatic rings. The van der Waals surface area contributed by atoms with Gasteiger partial charge < -0.3 is 4.90 Å². The van der Waals surface area contributed by atoms with E-state index in [0.29, 0.717) is 24.6 Å². The summed E-state index contributed by atoms with van der Waals surface area (Å²) in [4.78, 5) is 13.2. The number of carbonyl (C=O) groups is 1. The minimum absolute atomic E-state index is 0.487. The Kier molecular flexibility index (Phi) is 3.80. The maximum atomic E-state index is 11.1. The van der Waals surface area contributed by atoms with Crippen LogP contribution in [-0.2, 0) is 0 Å². The first-order valence-corrected chi connectivity index (χ1v) is 6.44. The van der Waals surface area contributed by atoms with E-state index in [1.54, 1.807) is 0 Å². The summed E-state index contributed by atoms with van der Waals surface area (Å²) in [5.41, 5.74) is 1.63.